The summed E-state index contributed by atoms with van der Waals surface area (Å²) in [5.41, 5.74) is 3.51. The summed E-state index contributed by atoms with van der Waals surface area (Å²) in [6.07, 6.45) is 1.66. The van der Waals surface area contributed by atoms with E-state index in [9.17, 15) is 14.9 Å². The van der Waals surface area contributed by atoms with Crippen molar-refractivity contribution in [3.8, 4) is 17.4 Å². The molecular formula is C30H26N4O4S. The highest BCUT2D eigenvalue weighted by Crippen LogP contribution is 2.32. The van der Waals surface area contributed by atoms with Gasteiger partial charge >= 0.3 is 5.97 Å². The molecule has 0 saturated carbocycles. The third-order valence-electron chi connectivity index (χ3n) is 6.46. The molecule has 1 unspecified atom stereocenters. The molecule has 0 fully saturated rings. The fourth-order valence-corrected chi connectivity index (χ4v) is 5.59. The molecule has 0 aliphatic carbocycles. The van der Waals surface area contributed by atoms with Crippen LogP contribution in [0.3, 0.4) is 0 Å². The molecule has 39 heavy (non-hydrogen) atoms. The number of thiazole rings is 1. The summed E-state index contributed by atoms with van der Waals surface area (Å²) >= 11 is 1.23. The van der Waals surface area contributed by atoms with Crippen LogP contribution in [0.4, 0.5) is 5.69 Å². The number of ether oxygens (including phenoxy) is 1. The van der Waals surface area contributed by atoms with Crippen LogP contribution >= 0.6 is 11.3 Å². The minimum atomic E-state index is -0.687. The van der Waals surface area contributed by atoms with E-state index in [1.807, 2.05) is 55.4 Å². The lowest BCUT2D eigenvalue weighted by atomic mass is 9.95. The minimum absolute atomic E-state index is 0.210. The van der Waals surface area contributed by atoms with Gasteiger partial charge in [0.15, 0.2) is 4.80 Å². The first kappa shape index (κ1) is 25.9. The van der Waals surface area contributed by atoms with Gasteiger partial charge in [-0.25, -0.2) is 9.79 Å². The summed E-state index contributed by atoms with van der Waals surface area (Å²) in [5.74, 6) is 0.503. The molecule has 1 atom stereocenters. The van der Waals surface area contributed by atoms with Crippen molar-refractivity contribution in [1.82, 2.24) is 4.57 Å². The largest absolute Gasteiger partial charge is 0.463 e. The zero-order valence-corrected chi connectivity index (χ0v) is 22.8. The number of allylic oxidation sites excluding steroid dienone is 1. The van der Waals surface area contributed by atoms with Gasteiger partial charge in [0.25, 0.3) is 5.56 Å². The zero-order chi connectivity index (χ0) is 27.7. The molecule has 8 nitrogen and oxygen atoms in total. The Hall–Kier alpha value is -4.68. The molecule has 1 aliphatic rings. The van der Waals surface area contributed by atoms with Crippen molar-refractivity contribution in [1.29, 1.82) is 5.26 Å². The Kier molecular flexibility index (Phi) is 7.05. The fourth-order valence-electron chi connectivity index (χ4n) is 4.56. The van der Waals surface area contributed by atoms with E-state index in [1.54, 1.807) is 48.8 Å². The lowest BCUT2D eigenvalue weighted by Gasteiger charge is -2.25. The second-order valence-corrected chi connectivity index (χ2v) is 10.2. The Bertz CT molecular complexity index is 1820. The summed E-state index contributed by atoms with van der Waals surface area (Å²) in [5, 5.41) is 9.44. The maximum absolute atomic E-state index is 13.8. The predicted octanol–water partition coefficient (Wildman–Crippen LogP) is 4.00. The van der Waals surface area contributed by atoms with E-state index in [2.05, 4.69) is 11.1 Å². The number of carbonyl (C=O) groups excluding carboxylic acids is 1. The number of rotatable bonds is 6. The highest BCUT2D eigenvalue weighted by atomic mass is 32.1. The number of carbonyl (C=O) groups is 1. The Morgan fingerprint density at radius 1 is 1.18 bits per heavy atom. The number of anilines is 1. The average molecular weight is 539 g/mol. The summed E-state index contributed by atoms with van der Waals surface area (Å²) in [7, 11) is 3.90. The van der Waals surface area contributed by atoms with Crippen LogP contribution < -0.4 is 19.8 Å². The van der Waals surface area contributed by atoms with Crippen molar-refractivity contribution < 1.29 is 13.9 Å². The highest BCUT2D eigenvalue weighted by Gasteiger charge is 2.33. The van der Waals surface area contributed by atoms with Gasteiger partial charge in [-0.2, -0.15) is 5.26 Å². The third kappa shape index (κ3) is 4.82. The minimum Gasteiger partial charge on any atom is -0.463 e. The molecule has 4 aromatic rings. The van der Waals surface area contributed by atoms with E-state index < -0.39 is 12.0 Å². The van der Waals surface area contributed by atoms with Crippen LogP contribution in [0.25, 0.3) is 17.4 Å². The number of furan rings is 1. The second kappa shape index (κ2) is 10.6. The smallest absolute Gasteiger partial charge is 0.338 e. The monoisotopic (exact) mass is 538 g/mol. The van der Waals surface area contributed by atoms with Gasteiger partial charge < -0.3 is 14.1 Å². The number of nitriles is 1. The van der Waals surface area contributed by atoms with E-state index in [4.69, 9.17) is 9.15 Å². The molecule has 3 heterocycles. The normalized spacial score (nSPS) is 14.9. The van der Waals surface area contributed by atoms with Crippen molar-refractivity contribution >= 4 is 29.1 Å². The number of fused-ring (bicyclic) bond motifs is 1. The van der Waals surface area contributed by atoms with Gasteiger partial charge in [0, 0.05) is 31.4 Å². The molecule has 0 bridgehead atoms. The molecule has 9 heteroatoms. The number of hydrogen-bond donors (Lipinski definition) is 0. The molecular weight excluding hydrogens is 512 g/mol. The van der Waals surface area contributed by atoms with Gasteiger partial charge in [0.2, 0.25) is 0 Å². The first-order valence-electron chi connectivity index (χ1n) is 12.4. The maximum Gasteiger partial charge on any atom is 0.338 e. The van der Waals surface area contributed by atoms with Crippen molar-refractivity contribution in [3.05, 3.63) is 109 Å². The lowest BCUT2D eigenvalue weighted by molar-refractivity contribution is -0.139. The SMILES string of the molecule is CCOC(=O)C1=C(C)N=c2s/c(=C\c3ccc(-c4ccccc4C#N)o3)c(=O)n2C1c1ccc(N(C)C)cc1. The number of hydrogen-bond acceptors (Lipinski definition) is 8. The third-order valence-corrected chi connectivity index (χ3v) is 7.44. The van der Waals surface area contributed by atoms with Crippen LogP contribution in [-0.2, 0) is 9.53 Å². The topological polar surface area (TPSA) is 101 Å². The van der Waals surface area contributed by atoms with E-state index in [0.29, 0.717) is 43.3 Å². The van der Waals surface area contributed by atoms with Crippen LogP contribution in [0.15, 0.2) is 86.1 Å². The lowest BCUT2D eigenvalue weighted by Crippen LogP contribution is -2.39. The Labute approximate surface area is 229 Å². The van der Waals surface area contributed by atoms with Crippen LogP contribution in [0.5, 0.6) is 0 Å². The summed E-state index contributed by atoms with van der Waals surface area (Å²) in [6, 6.07) is 19.9. The van der Waals surface area contributed by atoms with Gasteiger partial charge in [0.05, 0.1) is 40.1 Å². The summed E-state index contributed by atoms with van der Waals surface area (Å²) < 4.78 is 13.3. The summed E-state index contributed by atoms with van der Waals surface area (Å²) in [6.45, 7) is 3.72. The molecule has 0 N–H and O–H groups in total. The molecule has 196 valence electrons. The van der Waals surface area contributed by atoms with E-state index in [-0.39, 0.29) is 12.2 Å². The van der Waals surface area contributed by atoms with Crippen molar-refractivity contribution in [2.45, 2.75) is 19.9 Å². The van der Waals surface area contributed by atoms with Crippen LogP contribution in [0.1, 0.15) is 36.8 Å². The standard InChI is InChI=1S/C30H26N4O4S/c1-5-37-29(36)26-18(2)32-30-34(27(26)19-10-12-21(13-11-19)33(3)4)28(35)25(39-30)16-22-14-15-24(38-22)23-9-7-6-8-20(23)17-31/h6-16,27H,5H2,1-4H3/b25-16-. The van der Waals surface area contributed by atoms with Gasteiger partial charge in [-0.05, 0) is 55.8 Å². The molecule has 0 radical (unpaired) electrons. The molecule has 5 rings (SSSR count). The van der Waals surface area contributed by atoms with Crippen molar-refractivity contribution in [3.63, 3.8) is 0 Å². The molecule has 1 aliphatic heterocycles. The number of benzene rings is 2. The first-order chi connectivity index (χ1) is 18.8. The Balaban J connectivity index is 1.64. The van der Waals surface area contributed by atoms with Crippen LogP contribution in [0.2, 0.25) is 0 Å². The van der Waals surface area contributed by atoms with Crippen molar-refractivity contribution in [2.24, 2.45) is 4.99 Å². The quantitative estimate of drug-likeness (QED) is 0.344. The predicted molar refractivity (Wildman–Crippen MR) is 150 cm³/mol. The molecule has 0 saturated heterocycles. The Morgan fingerprint density at radius 3 is 2.62 bits per heavy atom. The average Bonchev–Trinajstić information content (AvgIpc) is 3.52. The Morgan fingerprint density at radius 2 is 1.92 bits per heavy atom. The molecule has 0 spiro atoms. The zero-order valence-electron chi connectivity index (χ0n) is 22.0. The molecule has 0 amide bonds. The summed E-state index contributed by atoms with van der Waals surface area (Å²) in [4.78, 5) is 34.0. The van der Waals surface area contributed by atoms with Crippen LogP contribution in [-0.4, -0.2) is 31.2 Å². The van der Waals surface area contributed by atoms with E-state index in [1.165, 1.54) is 11.3 Å². The van der Waals surface area contributed by atoms with E-state index in [0.717, 1.165) is 11.3 Å². The van der Waals surface area contributed by atoms with Gasteiger partial charge in [0.1, 0.15) is 11.5 Å². The highest BCUT2D eigenvalue weighted by molar-refractivity contribution is 7.07. The number of nitrogens with zero attached hydrogens (tertiary/aromatic N) is 4. The molecule has 2 aromatic heterocycles. The number of aromatic nitrogens is 1. The van der Waals surface area contributed by atoms with Crippen LogP contribution in [0, 0.1) is 11.3 Å². The van der Waals surface area contributed by atoms with Crippen molar-refractivity contribution in [2.75, 3.05) is 25.6 Å². The maximum atomic E-state index is 13.8. The van der Waals surface area contributed by atoms with Gasteiger partial charge in [-0.3, -0.25) is 9.36 Å². The number of esters is 1. The van der Waals surface area contributed by atoms with E-state index >= 15 is 0 Å². The fraction of sp³-hybridized carbons (Fsp3) is 0.200. The first-order valence-corrected chi connectivity index (χ1v) is 13.2. The van der Waals surface area contributed by atoms with Gasteiger partial charge in [-0.15, -0.1) is 0 Å². The second-order valence-electron chi connectivity index (χ2n) is 9.15. The molecule has 2 aromatic carbocycles. The van der Waals surface area contributed by atoms with Gasteiger partial charge in [-0.1, -0.05) is 35.6 Å².